The lowest BCUT2D eigenvalue weighted by Gasteiger charge is -2.40. The van der Waals surface area contributed by atoms with Crippen LogP contribution in [-0.2, 0) is 19.8 Å². The zero-order valence-electron chi connectivity index (χ0n) is 18.9. The van der Waals surface area contributed by atoms with E-state index in [1.165, 1.54) is 12.1 Å². The quantitative estimate of drug-likeness (QED) is 0.337. The van der Waals surface area contributed by atoms with E-state index in [0.717, 1.165) is 36.5 Å². The first kappa shape index (κ1) is 26.4. The van der Waals surface area contributed by atoms with Crippen LogP contribution in [0.3, 0.4) is 0 Å². The first-order valence-electron chi connectivity index (χ1n) is 10.5. The number of aromatic nitrogens is 2. The SMILES string of the molecule is CN=C(NCC1CCCN(C)C1c1ccc(C(F)(F)F)cc1)N(C)Cc1cnn(C)c1.I. The number of rotatable bonds is 5. The normalized spacial score (nSPS) is 20.0. The monoisotopic (exact) mass is 564 g/mol. The summed E-state index contributed by atoms with van der Waals surface area (Å²) in [5.41, 5.74) is 1.40. The molecule has 1 aromatic carbocycles. The molecule has 2 atom stereocenters. The maximum atomic E-state index is 13.0. The van der Waals surface area contributed by atoms with E-state index >= 15 is 0 Å². The summed E-state index contributed by atoms with van der Waals surface area (Å²) >= 11 is 0. The van der Waals surface area contributed by atoms with Gasteiger partial charge in [0.15, 0.2) is 5.96 Å². The molecule has 0 bridgehead atoms. The van der Waals surface area contributed by atoms with Crippen molar-refractivity contribution >= 4 is 29.9 Å². The van der Waals surface area contributed by atoms with E-state index in [2.05, 4.69) is 20.3 Å². The second kappa shape index (κ2) is 11.4. The Balaban J connectivity index is 0.00000363. The highest BCUT2D eigenvalue weighted by Crippen LogP contribution is 2.36. The van der Waals surface area contributed by atoms with Crippen molar-refractivity contribution in [3.05, 3.63) is 53.3 Å². The average Bonchev–Trinajstić information content (AvgIpc) is 3.12. The van der Waals surface area contributed by atoms with Gasteiger partial charge in [0.1, 0.15) is 0 Å². The zero-order valence-corrected chi connectivity index (χ0v) is 21.3. The summed E-state index contributed by atoms with van der Waals surface area (Å²) in [6.45, 7) is 2.30. The van der Waals surface area contributed by atoms with Gasteiger partial charge in [-0.25, -0.2) is 0 Å². The highest BCUT2D eigenvalue weighted by Gasteiger charge is 2.33. The molecule has 1 aliphatic heterocycles. The molecule has 3 rings (SSSR count). The number of benzene rings is 1. The number of hydrogen-bond donors (Lipinski definition) is 1. The van der Waals surface area contributed by atoms with Gasteiger partial charge in [0, 0.05) is 52.0 Å². The molecule has 1 aromatic heterocycles. The molecule has 0 saturated carbocycles. The standard InChI is InChI=1S/C22H31F3N6.HI/c1-26-21(30(3)14-16-12-28-31(4)15-16)27-13-18-6-5-11-29(2)20(18)17-7-9-19(10-8-17)22(23,24)25;/h7-10,12,15,18,20H,5-6,11,13-14H2,1-4H3,(H,26,27);1H. The topological polar surface area (TPSA) is 48.7 Å². The van der Waals surface area contributed by atoms with Crippen LogP contribution in [0.15, 0.2) is 41.7 Å². The number of aliphatic imine (C=N–C) groups is 1. The minimum atomic E-state index is -4.32. The Morgan fingerprint density at radius 1 is 1.25 bits per heavy atom. The zero-order chi connectivity index (χ0) is 22.6. The molecule has 178 valence electrons. The van der Waals surface area contributed by atoms with Crippen LogP contribution in [0.4, 0.5) is 13.2 Å². The Labute approximate surface area is 204 Å². The van der Waals surface area contributed by atoms with Crippen molar-refractivity contribution < 1.29 is 13.2 Å². The summed E-state index contributed by atoms with van der Waals surface area (Å²) in [6, 6.07) is 5.66. The molecule has 6 nitrogen and oxygen atoms in total. The Morgan fingerprint density at radius 2 is 1.94 bits per heavy atom. The number of likely N-dealkylation sites (tertiary alicyclic amines) is 1. The summed E-state index contributed by atoms with van der Waals surface area (Å²) in [4.78, 5) is 8.67. The van der Waals surface area contributed by atoms with E-state index in [-0.39, 0.29) is 35.9 Å². The van der Waals surface area contributed by atoms with Gasteiger partial charge in [0.2, 0.25) is 0 Å². The van der Waals surface area contributed by atoms with Gasteiger partial charge in [-0.15, -0.1) is 24.0 Å². The van der Waals surface area contributed by atoms with E-state index in [1.54, 1.807) is 23.9 Å². The van der Waals surface area contributed by atoms with Gasteiger partial charge in [0.25, 0.3) is 0 Å². The Morgan fingerprint density at radius 3 is 2.50 bits per heavy atom. The van der Waals surface area contributed by atoms with Crippen LogP contribution in [0.2, 0.25) is 0 Å². The first-order chi connectivity index (χ1) is 14.7. The Kier molecular flexibility index (Phi) is 9.38. The minimum Gasteiger partial charge on any atom is -0.356 e. The van der Waals surface area contributed by atoms with Gasteiger partial charge in [-0.2, -0.15) is 18.3 Å². The van der Waals surface area contributed by atoms with Crippen molar-refractivity contribution in [3.63, 3.8) is 0 Å². The van der Waals surface area contributed by atoms with Crippen LogP contribution in [0.1, 0.15) is 35.6 Å². The molecule has 2 unspecified atom stereocenters. The second-order valence-corrected chi connectivity index (χ2v) is 8.25. The van der Waals surface area contributed by atoms with E-state index in [0.29, 0.717) is 13.1 Å². The molecule has 0 radical (unpaired) electrons. The summed E-state index contributed by atoms with van der Waals surface area (Å²) in [5, 5.41) is 7.67. The summed E-state index contributed by atoms with van der Waals surface area (Å²) in [7, 11) is 7.65. The molecule has 0 aliphatic carbocycles. The van der Waals surface area contributed by atoms with Crippen LogP contribution in [0.5, 0.6) is 0 Å². The largest absolute Gasteiger partial charge is 0.416 e. The average molecular weight is 564 g/mol. The number of aryl methyl sites for hydroxylation is 1. The highest BCUT2D eigenvalue weighted by atomic mass is 127. The van der Waals surface area contributed by atoms with Crippen molar-refractivity contribution in [2.45, 2.75) is 31.6 Å². The second-order valence-electron chi connectivity index (χ2n) is 8.25. The Hall–Kier alpha value is -1.82. The van der Waals surface area contributed by atoms with E-state index in [1.807, 2.05) is 38.4 Å². The van der Waals surface area contributed by atoms with Gasteiger partial charge in [-0.1, -0.05) is 12.1 Å². The van der Waals surface area contributed by atoms with Crippen molar-refractivity contribution in [2.24, 2.45) is 18.0 Å². The molecule has 0 spiro atoms. The fraction of sp³-hybridized carbons (Fsp3) is 0.545. The van der Waals surface area contributed by atoms with Crippen LogP contribution >= 0.6 is 24.0 Å². The summed E-state index contributed by atoms with van der Waals surface area (Å²) in [6.07, 6.45) is 1.56. The number of hydrogen-bond acceptors (Lipinski definition) is 3. The molecular formula is C22H32F3IN6. The third kappa shape index (κ3) is 6.60. The van der Waals surface area contributed by atoms with E-state index in [4.69, 9.17) is 0 Å². The molecular weight excluding hydrogens is 532 g/mol. The molecule has 2 aromatic rings. The number of nitrogens with zero attached hydrogens (tertiary/aromatic N) is 5. The van der Waals surface area contributed by atoms with Crippen molar-refractivity contribution in [1.82, 2.24) is 24.9 Å². The van der Waals surface area contributed by atoms with Gasteiger partial charge in [-0.3, -0.25) is 14.6 Å². The van der Waals surface area contributed by atoms with Gasteiger partial charge in [-0.05, 0) is 50.0 Å². The number of guanidine groups is 1. The number of piperidine rings is 1. The molecule has 32 heavy (non-hydrogen) atoms. The molecule has 1 N–H and O–H groups in total. The fourth-order valence-corrected chi connectivity index (χ4v) is 4.38. The van der Waals surface area contributed by atoms with Crippen LogP contribution in [0, 0.1) is 5.92 Å². The molecule has 1 fully saturated rings. The molecule has 10 heteroatoms. The van der Waals surface area contributed by atoms with Gasteiger partial charge >= 0.3 is 6.18 Å². The molecule has 2 heterocycles. The smallest absolute Gasteiger partial charge is 0.356 e. The molecule has 0 amide bonds. The predicted octanol–water partition coefficient (Wildman–Crippen LogP) is 4.15. The number of halogens is 4. The first-order valence-corrected chi connectivity index (χ1v) is 10.5. The summed E-state index contributed by atoms with van der Waals surface area (Å²) in [5.74, 6) is 1.04. The maximum Gasteiger partial charge on any atom is 0.416 e. The third-order valence-electron chi connectivity index (χ3n) is 5.86. The predicted molar refractivity (Wildman–Crippen MR) is 131 cm³/mol. The van der Waals surface area contributed by atoms with Crippen molar-refractivity contribution in [1.29, 1.82) is 0 Å². The fourth-order valence-electron chi connectivity index (χ4n) is 4.38. The van der Waals surface area contributed by atoms with Crippen molar-refractivity contribution in [2.75, 3.05) is 34.2 Å². The summed E-state index contributed by atoms with van der Waals surface area (Å²) < 4.78 is 40.6. The van der Waals surface area contributed by atoms with Crippen LogP contribution < -0.4 is 5.32 Å². The highest BCUT2D eigenvalue weighted by molar-refractivity contribution is 14.0. The van der Waals surface area contributed by atoms with Gasteiger partial charge in [0.05, 0.1) is 11.8 Å². The van der Waals surface area contributed by atoms with E-state index in [9.17, 15) is 13.2 Å². The molecule has 1 aliphatic rings. The van der Waals surface area contributed by atoms with Crippen molar-refractivity contribution in [3.8, 4) is 0 Å². The van der Waals surface area contributed by atoms with Gasteiger partial charge < -0.3 is 10.2 Å². The maximum absolute atomic E-state index is 13.0. The van der Waals surface area contributed by atoms with E-state index < -0.39 is 11.7 Å². The number of nitrogens with one attached hydrogen (secondary N) is 1. The lowest BCUT2D eigenvalue weighted by atomic mass is 9.84. The lowest BCUT2D eigenvalue weighted by Crippen LogP contribution is -2.45. The number of alkyl halides is 3. The molecule has 1 saturated heterocycles. The van der Waals surface area contributed by atoms with Crippen LogP contribution in [0.25, 0.3) is 0 Å². The lowest BCUT2D eigenvalue weighted by molar-refractivity contribution is -0.137. The third-order valence-corrected chi connectivity index (χ3v) is 5.86. The minimum absolute atomic E-state index is 0. The Bertz CT molecular complexity index is 881. The van der Waals surface area contributed by atoms with Crippen LogP contribution in [-0.4, -0.2) is 59.8 Å².